The number of hydrogen-bond acceptors (Lipinski definition) is 4. The summed E-state index contributed by atoms with van der Waals surface area (Å²) < 4.78 is 20.4. The van der Waals surface area contributed by atoms with E-state index in [-0.39, 0.29) is 11.4 Å². The van der Waals surface area contributed by atoms with Crippen LogP contribution in [0.3, 0.4) is 0 Å². The van der Waals surface area contributed by atoms with Gasteiger partial charge in [-0.2, -0.15) is 5.10 Å². The molecular formula is C6H8N4O. The Bertz CT molecular complexity index is 351. The molecule has 0 aliphatic heterocycles. The second kappa shape index (κ2) is 2.96. The smallest absolute Gasteiger partial charge is 0.273 e. The number of nitrogens with zero attached hydrogens (tertiary/aromatic N) is 2. The fourth-order valence-electron chi connectivity index (χ4n) is 0.577. The highest BCUT2D eigenvalue weighted by molar-refractivity contribution is 5.96. The summed E-state index contributed by atoms with van der Waals surface area (Å²) >= 11 is 0. The summed E-state index contributed by atoms with van der Waals surface area (Å²) in [5, 5.41) is 8.60. The van der Waals surface area contributed by atoms with Crippen molar-refractivity contribution in [3.63, 3.8) is 0 Å². The number of carbonyl (C=O) groups is 1. The van der Waals surface area contributed by atoms with E-state index < -0.39 is 12.9 Å². The summed E-state index contributed by atoms with van der Waals surface area (Å²) in [7, 11) is 0. The Kier molecular flexibility index (Phi) is 1.15. The van der Waals surface area contributed by atoms with Crippen LogP contribution in [-0.4, -0.2) is 23.1 Å². The molecule has 5 nitrogen and oxygen atoms in total. The largest absolute Gasteiger partial charge is 0.397 e. The maximum Gasteiger partial charge on any atom is 0.273 e. The molecule has 0 radical (unpaired) electrons. The van der Waals surface area contributed by atoms with Gasteiger partial charge in [0.25, 0.3) is 5.91 Å². The van der Waals surface area contributed by atoms with Gasteiger partial charge in [0.15, 0.2) is 5.69 Å². The molecule has 0 aliphatic rings. The lowest BCUT2D eigenvalue weighted by Crippen LogP contribution is -2.21. The van der Waals surface area contributed by atoms with Crippen molar-refractivity contribution >= 4 is 11.6 Å². The Morgan fingerprint density at radius 3 is 3.36 bits per heavy atom. The average molecular weight is 155 g/mol. The molecule has 0 bridgehead atoms. The van der Waals surface area contributed by atoms with Crippen molar-refractivity contribution in [3.8, 4) is 0 Å². The van der Waals surface area contributed by atoms with Crippen LogP contribution < -0.4 is 11.1 Å². The fourth-order valence-corrected chi connectivity index (χ4v) is 0.577. The molecule has 1 aromatic rings. The van der Waals surface area contributed by atoms with E-state index in [9.17, 15) is 4.79 Å². The predicted octanol–water partition coefficient (Wildman–Crippen LogP) is -0.582. The minimum Gasteiger partial charge on any atom is -0.397 e. The van der Waals surface area contributed by atoms with Gasteiger partial charge < -0.3 is 11.1 Å². The second-order valence-corrected chi connectivity index (χ2v) is 1.79. The molecule has 1 heterocycles. The van der Waals surface area contributed by atoms with Gasteiger partial charge in [0.05, 0.1) is 11.9 Å². The van der Waals surface area contributed by atoms with Gasteiger partial charge in [-0.1, -0.05) is 0 Å². The molecule has 0 aliphatic carbocycles. The summed E-state index contributed by atoms with van der Waals surface area (Å²) in [6.45, 7) is -2.55. The van der Waals surface area contributed by atoms with Gasteiger partial charge in [0.2, 0.25) is 0 Å². The lowest BCUT2D eigenvalue weighted by atomic mass is 10.3. The van der Waals surface area contributed by atoms with Crippen LogP contribution in [0.5, 0.6) is 0 Å². The first kappa shape index (κ1) is 4.27. The molecule has 0 fully saturated rings. The third kappa shape index (κ3) is 1.43. The predicted molar refractivity (Wildman–Crippen MR) is 39.8 cm³/mol. The highest BCUT2D eigenvalue weighted by Crippen LogP contribution is 2.03. The third-order valence-corrected chi connectivity index (χ3v) is 1.08. The Labute approximate surface area is 67.8 Å². The van der Waals surface area contributed by atoms with E-state index in [1.807, 2.05) is 0 Å². The number of rotatable bonds is 1. The van der Waals surface area contributed by atoms with E-state index >= 15 is 0 Å². The number of hydrogen-bond donors (Lipinski definition) is 2. The summed E-state index contributed by atoms with van der Waals surface area (Å²) in [6, 6.07) is 1.36. The molecule has 5 heteroatoms. The molecule has 1 rings (SSSR count). The van der Waals surface area contributed by atoms with Crippen LogP contribution in [0.25, 0.3) is 0 Å². The Balaban J connectivity index is 2.86. The van der Waals surface area contributed by atoms with E-state index in [0.717, 1.165) is 0 Å². The van der Waals surface area contributed by atoms with Crippen LogP contribution in [0.1, 0.15) is 14.6 Å². The second-order valence-electron chi connectivity index (χ2n) is 1.79. The number of aromatic nitrogens is 2. The molecule has 1 amide bonds. The van der Waals surface area contributed by atoms with Crippen LogP contribution in [0, 0.1) is 0 Å². The van der Waals surface area contributed by atoms with Crippen LogP contribution in [0.2, 0.25) is 0 Å². The normalized spacial score (nSPS) is 14.4. The van der Waals surface area contributed by atoms with Crippen LogP contribution in [0.4, 0.5) is 5.69 Å². The van der Waals surface area contributed by atoms with E-state index in [1.54, 1.807) is 5.32 Å². The third-order valence-electron chi connectivity index (χ3n) is 1.08. The topological polar surface area (TPSA) is 80.9 Å². The van der Waals surface area contributed by atoms with Crippen LogP contribution >= 0.6 is 0 Å². The molecule has 0 saturated carbocycles. The van der Waals surface area contributed by atoms with Gasteiger partial charge in [-0.15, -0.1) is 5.10 Å². The zero-order valence-corrected chi connectivity index (χ0v) is 5.53. The molecule has 1 aromatic heterocycles. The van der Waals surface area contributed by atoms with Gasteiger partial charge in [-0.25, -0.2) is 0 Å². The fraction of sp³-hybridized carbons (Fsp3) is 0.167. The van der Waals surface area contributed by atoms with Crippen molar-refractivity contribution in [2.24, 2.45) is 0 Å². The zero-order valence-electron chi connectivity index (χ0n) is 8.53. The Hall–Kier alpha value is -1.65. The molecule has 0 aromatic carbocycles. The monoisotopic (exact) mass is 155 g/mol. The van der Waals surface area contributed by atoms with Gasteiger partial charge in [0.1, 0.15) is 0 Å². The number of amides is 1. The summed E-state index contributed by atoms with van der Waals surface area (Å²) in [6.07, 6.45) is 1.31. The average Bonchev–Trinajstić information content (AvgIpc) is 2.01. The van der Waals surface area contributed by atoms with Crippen molar-refractivity contribution in [2.75, 3.05) is 12.7 Å². The van der Waals surface area contributed by atoms with Crippen molar-refractivity contribution in [3.05, 3.63) is 18.0 Å². The van der Waals surface area contributed by atoms with Gasteiger partial charge in [-0.3, -0.25) is 4.79 Å². The Morgan fingerprint density at radius 1 is 1.91 bits per heavy atom. The van der Waals surface area contributed by atoms with E-state index in [2.05, 4.69) is 10.2 Å². The standard InChI is InChI=1S/C6H8N4O/c1-8-6(11)5-4(7)2-3-9-10-5/h2-3H,1H3,(H2,7,9)(H,8,11)/i1D3. The minimum absolute atomic E-state index is 0.0850. The minimum atomic E-state index is -2.55. The number of nitrogen functional groups attached to an aromatic ring is 1. The van der Waals surface area contributed by atoms with Crippen molar-refractivity contribution in [1.82, 2.24) is 15.5 Å². The molecular weight excluding hydrogens is 144 g/mol. The first-order valence-electron chi connectivity index (χ1n) is 4.30. The number of nitrogens with one attached hydrogen (secondary N) is 1. The highest BCUT2D eigenvalue weighted by atomic mass is 16.1. The highest BCUT2D eigenvalue weighted by Gasteiger charge is 2.07. The van der Waals surface area contributed by atoms with E-state index in [1.165, 1.54) is 12.3 Å². The molecule has 58 valence electrons. The van der Waals surface area contributed by atoms with Crippen molar-refractivity contribution in [1.29, 1.82) is 0 Å². The molecule has 0 atom stereocenters. The molecule has 11 heavy (non-hydrogen) atoms. The number of anilines is 1. The van der Waals surface area contributed by atoms with Gasteiger partial charge in [0, 0.05) is 11.1 Å². The summed E-state index contributed by atoms with van der Waals surface area (Å²) in [5.74, 6) is -0.865. The zero-order chi connectivity index (χ0) is 10.8. The maximum absolute atomic E-state index is 11.2. The van der Waals surface area contributed by atoms with Gasteiger partial charge >= 0.3 is 0 Å². The maximum atomic E-state index is 11.2. The Morgan fingerprint density at radius 2 is 2.73 bits per heavy atom. The number of carbonyl (C=O) groups excluding carboxylic acids is 1. The quantitative estimate of drug-likeness (QED) is 0.568. The van der Waals surface area contributed by atoms with Gasteiger partial charge in [-0.05, 0) is 6.07 Å². The molecule has 0 unspecified atom stereocenters. The lowest BCUT2D eigenvalue weighted by Gasteiger charge is -1.99. The molecule has 3 N–H and O–H groups in total. The first-order chi connectivity index (χ1) is 6.40. The summed E-state index contributed by atoms with van der Waals surface area (Å²) in [5.41, 5.74) is 5.29. The SMILES string of the molecule is [2H]C([2H])([2H])NC(=O)c1nnccc1N. The molecule has 0 saturated heterocycles. The van der Waals surface area contributed by atoms with Crippen molar-refractivity contribution in [2.45, 2.75) is 0 Å². The van der Waals surface area contributed by atoms with Crippen LogP contribution in [-0.2, 0) is 0 Å². The van der Waals surface area contributed by atoms with Crippen LogP contribution in [0.15, 0.2) is 12.3 Å². The van der Waals surface area contributed by atoms with E-state index in [0.29, 0.717) is 0 Å². The first-order valence-corrected chi connectivity index (χ1v) is 2.80. The van der Waals surface area contributed by atoms with E-state index in [4.69, 9.17) is 9.85 Å². The van der Waals surface area contributed by atoms with Crippen molar-refractivity contribution < 1.29 is 8.91 Å². The lowest BCUT2D eigenvalue weighted by molar-refractivity contribution is 0.0958. The summed E-state index contributed by atoms with van der Waals surface area (Å²) in [4.78, 5) is 11.2. The number of nitrogens with two attached hydrogens (primary N) is 1. The molecule has 0 spiro atoms.